The first kappa shape index (κ1) is 26.6. The minimum Gasteiger partial charge on any atom is -0.535 e. The number of carbonyl (C=O) groups excluding carboxylic acids is 1. The van der Waals surface area contributed by atoms with Gasteiger partial charge in [-0.1, -0.05) is 49.2 Å². The second-order valence-corrected chi connectivity index (χ2v) is 10.00. The van der Waals surface area contributed by atoms with Gasteiger partial charge in [0.15, 0.2) is 5.76 Å². The molecule has 4 rings (SSSR count). The van der Waals surface area contributed by atoms with Crippen molar-refractivity contribution in [2.45, 2.75) is 24.7 Å². The van der Waals surface area contributed by atoms with Crippen LogP contribution in [0.25, 0.3) is 15.7 Å². The Bertz CT molecular complexity index is 1450. The molecule has 34 heavy (non-hydrogen) atoms. The summed E-state index contributed by atoms with van der Waals surface area (Å²) in [6, 6.07) is 18.0. The Kier molecular flexibility index (Phi) is 8.39. The molecule has 0 spiro atoms. The molecule has 0 saturated carbocycles. The van der Waals surface area contributed by atoms with Gasteiger partial charge in [0.25, 0.3) is 0 Å². The van der Waals surface area contributed by atoms with E-state index < -0.39 is 15.9 Å². The Balaban J connectivity index is 0.00000324. The van der Waals surface area contributed by atoms with Gasteiger partial charge in [-0.2, -0.15) is 0 Å². The predicted molar refractivity (Wildman–Crippen MR) is 128 cm³/mol. The number of halogens is 2. The van der Waals surface area contributed by atoms with E-state index in [1.165, 1.54) is 29.8 Å². The van der Waals surface area contributed by atoms with E-state index in [2.05, 4.69) is 18.6 Å². The van der Waals surface area contributed by atoms with Crippen molar-refractivity contribution in [2.24, 2.45) is 0 Å². The quantitative estimate of drug-likeness (QED) is 0.344. The summed E-state index contributed by atoms with van der Waals surface area (Å²) in [7, 11) is -4.35. The monoisotopic (exact) mass is 525 g/mol. The van der Waals surface area contributed by atoms with Gasteiger partial charge in [-0.15, -0.1) is 0 Å². The number of rotatable bonds is 6. The second kappa shape index (κ2) is 10.7. The van der Waals surface area contributed by atoms with Crippen LogP contribution in [-0.2, 0) is 10.0 Å². The molecule has 0 radical (unpaired) electrons. The van der Waals surface area contributed by atoms with Gasteiger partial charge in [0.05, 0.1) is 9.92 Å². The Morgan fingerprint density at radius 2 is 1.62 bits per heavy atom. The van der Waals surface area contributed by atoms with Crippen LogP contribution >= 0.6 is 23.2 Å². The molecule has 0 unspecified atom stereocenters. The van der Waals surface area contributed by atoms with Crippen molar-refractivity contribution in [1.29, 1.82) is 0 Å². The van der Waals surface area contributed by atoms with Gasteiger partial charge < -0.3 is 18.7 Å². The Hall–Kier alpha value is -2.00. The Morgan fingerprint density at radius 3 is 2.26 bits per heavy atom. The van der Waals surface area contributed by atoms with Gasteiger partial charge in [0.1, 0.15) is 33.0 Å². The summed E-state index contributed by atoms with van der Waals surface area (Å²) in [6.07, 6.45) is 0. The van der Waals surface area contributed by atoms with Crippen LogP contribution in [0.1, 0.15) is 35.9 Å². The Morgan fingerprint density at radius 1 is 0.941 bits per heavy atom. The number of amides is 1. The van der Waals surface area contributed by atoms with Crippen molar-refractivity contribution < 1.29 is 51.9 Å². The molecular formula is C24H18Cl2NNaO5S. The molecule has 0 aliphatic rings. The SMILES string of the molecule is CC(C)c1ccc(Oc2ccc3cc(C(=O)[N-]S(=O)(=O)c4ccc(Cl)cc4Cl)oc3c2)cc1.[Na+]. The third-order valence-electron chi connectivity index (χ3n) is 4.86. The fourth-order valence-corrected chi connectivity index (χ4v) is 4.78. The summed E-state index contributed by atoms with van der Waals surface area (Å²) in [5, 5.41) is 0.723. The van der Waals surface area contributed by atoms with Gasteiger partial charge in [-0.25, -0.2) is 8.42 Å². The maximum absolute atomic E-state index is 12.5. The van der Waals surface area contributed by atoms with Crippen molar-refractivity contribution in [3.63, 3.8) is 0 Å². The first-order chi connectivity index (χ1) is 15.6. The number of furan rings is 1. The van der Waals surface area contributed by atoms with E-state index in [1.54, 1.807) is 18.2 Å². The molecule has 3 aromatic carbocycles. The summed E-state index contributed by atoms with van der Waals surface area (Å²) in [5.74, 6) is 0.300. The van der Waals surface area contributed by atoms with Crippen molar-refractivity contribution in [3.05, 3.63) is 92.8 Å². The molecule has 0 aliphatic carbocycles. The molecule has 0 bridgehead atoms. The fourth-order valence-electron chi connectivity index (χ4n) is 3.12. The van der Waals surface area contributed by atoms with Crippen molar-refractivity contribution in [1.82, 2.24) is 0 Å². The summed E-state index contributed by atoms with van der Waals surface area (Å²) in [4.78, 5) is 12.2. The number of hydrogen-bond acceptors (Lipinski definition) is 5. The predicted octanol–water partition coefficient (Wildman–Crippen LogP) is 4.56. The van der Waals surface area contributed by atoms with Gasteiger partial charge in [0.2, 0.25) is 0 Å². The molecular weight excluding hydrogens is 508 g/mol. The molecule has 1 aromatic heterocycles. The van der Waals surface area contributed by atoms with Crippen LogP contribution in [0, 0.1) is 0 Å². The topological polar surface area (TPSA) is 87.7 Å². The van der Waals surface area contributed by atoms with Crippen LogP contribution < -0.4 is 34.3 Å². The maximum atomic E-state index is 12.5. The standard InChI is InChI=1S/C24H19Cl2NO5S.Na/c1-14(2)15-3-7-18(8-4-15)31-19-9-5-16-11-22(32-21(16)13-19)24(28)27-33(29,30)23-10-6-17(25)12-20(23)26;/h3-14H,1-2H3,(H,27,28);/q;+1/p-1. The number of benzene rings is 3. The van der Waals surface area contributed by atoms with Crippen molar-refractivity contribution in [3.8, 4) is 11.5 Å². The third kappa shape index (κ3) is 5.97. The molecule has 0 fully saturated rings. The maximum Gasteiger partial charge on any atom is 1.00 e. The van der Waals surface area contributed by atoms with Gasteiger partial charge in [-0.3, -0.25) is 0 Å². The molecule has 0 atom stereocenters. The third-order valence-corrected chi connectivity index (χ3v) is 6.84. The summed E-state index contributed by atoms with van der Waals surface area (Å²) >= 11 is 11.7. The van der Waals surface area contributed by atoms with E-state index in [-0.39, 0.29) is 50.3 Å². The Labute approximate surface area is 229 Å². The van der Waals surface area contributed by atoms with Crippen LogP contribution in [0.2, 0.25) is 10.0 Å². The number of ether oxygens (including phenoxy) is 1. The smallest absolute Gasteiger partial charge is 0.535 e. The average molecular weight is 526 g/mol. The zero-order valence-electron chi connectivity index (χ0n) is 18.6. The molecule has 6 nitrogen and oxygen atoms in total. The van der Waals surface area contributed by atoms with Gasteiger partial charge >= 0.3 is 29.6 Å². The van der Waals surface area contributed by atoms with Gasteiger partial charge in [0, 0.05) is 16.5 Å². The summed E-state index contributed by atoms with van der Waals surface area (Å²) < 4.78 is 39.8. The second-order valence-electron chi connectivity index (χ2n) is 7.58. The van der Waals surface area contributed by atoms with E-state index >= 15 is 0 Å². The average Bonchev–Trinajstić information content (AvgIpc) is 3.17. The number of sulfonamides is 1. The zero-order chi connectivity index (χ0) is 23.8. The van der Waals surface area contributed by atoms with Crippen LogP contribution in [0.15, 0.2) is 76.0 Å². The minimum atomic E-state index is -4.35. The first-order valence-corrected chi connectivity index (χ1v) is 12.1. The largest absolute Gasteiger partial charge is 1.00 e. The number of carbonyl (C=O) groups is 1. The number of fused-ring (bicyclic) bond motifs is 1. The van der Waals surface area contributed by atoms with E-state index in [4.69, 9.17) is 32.4 Å². The summed E-state index contributed by atoms with van der Waals surface area (Å²) in [5.41, 5.74) is 1.55. The molecule has 1 amide bonds. The summed E-state index contributed by atoms with van der Waals surface area (Å²) in [6.45, 7) is 4.22. The molecule has 0 aliphatic heterocycles. The molecule has 0 saturated heterocycles. The van der Waals surface area contributed by atoms with Crippen molar-refractivity contribution >= 4 is 50.1 Å². The molecule has 170 valence electrons. The molecule has 0 N–H and O–H groups in total. The van der Waals surface area contributed by atoms with Crippen LogP contribution in [0.5, 0.6) is 11.5 Å². The molecule has 1 heterocycles. The normalized spacial score (nSPS) is 11.3. The van der Waals surface area contributed by atoms with E-state index in [0.29, 0.717) is 28.4 Å². The van der Waals surface area contributed by atoms with Gasteiger partial charge in [-0.05, 0) is 60.0 Å². The molecule has 10 heteroatoms. The minimum absolute atomic E-state index is 0. The van der Waals surface area contributed by atoms with Crippen LogP contribution in [0.4, 0.5) is 0 Å². The van der Waals surface area contributed by atoms with E-state index in [0.717, 1.165) is 0 Å². The van der Waals surface area contributed by atoms with E-state index in [1.807, 2.05) is 24.3 Å². The number of nitrogens with zero attached hydrogens (tertiary/aromatic N) is 1. The molecule has 4 aromatic rings. The first-order valence-electron chi connectivity index (χ1n) is 9.91. The van der Waals surface area contributed by atoms with Crippen LogP contribution in [0.3, 0.4) is 0 Å². The zero-order valence-corrected chi connectivity index (χ0v) is 22.9. The number of hydrogen-bond donors (Lipinski definition) is 0. The van der Waals surface area contributed by atoms with Crippen molar-refractivity contribution in [2.75, 3.05) is 0 Å². The van der Waals surface area contributed by atoms with Crippen LogP contribution in [-0.4, -0.2) is 14.3 Å². The fraction of sp³-hybridized carbons (Fsp3) is 0.125. The van der Waals surface area contributed by atoms with E-state index in [9.17, 15) is 13.2 Å².